The quantitative estimate of drug-likeness (QED) is 0.746. The monoisotopic (exact) mass is 316 g/mol. The standard InChI is InChI=1S/C17H20N2S2/c1-12(13-6-8-15(9-7-13)19(2)3)14-10-16(20-4)18-17(11-14)21-5/h6-11H,1H2,2-5H3. The Bertz CT molecular complexity index is 611. The van der Waals surface area contributed by atoms with Crippen LogP contribution in [-0.2, 0) is 0 Å². The number of benzene rings is 1. The molecule has 0 aliphatic heterocycles. The van der Waals surface area contributed by atoms with Crippen molar-refractivity contribution in [2.75, 3.05) is 31.5 Å². The van der Waals surface area contributed by atoms with Crippen molar-refractivity contribution in [2.45, 2.75) is 10.1 Å². The van der Waals surface area contributed by atoms with Gasteiger partial charge >= 0.3 is 0 Å². The zero-order valence-corrected chi connectivity index (χ0v) is 14.5. The zero-order chi connectivity index (χ0) is 15.4. The second-order valence-electron chi connectivity index (χ2n) is 4.86. The molecule has 21 heavy (non-hydrogen) atoms. The van der Waals surface area contributed by atoms with Gasteiger partial charge in [-0.1, -0.05) is 18.7 Å². The molecule has 110 valence electrons. The van der Waals surface area contributed by atoms with Crippen LogP contribution in [0.25, 0.3) is 5.57 Å². The fraction of sp³-hybridized carbons (Fsp3) is 0.235. The first-order chi connectivity index (χ1) is 10.0. The molecule has 0 unspecified atom stereocenters. The van der Waals surface area contributed by atoms with Crippen LogP contribution in [0.1, 0.15) is 11.1 Å². The van der Waals surface area contributed by atoms with E-state index in [-0.39, 0.29) is 0 Å². The van der Waals surface area contributed by atoms with Gasteiger partial charge in [0.15, 0.2) is 0 Å². The lowest BCUT2D eigenvalue weighted by atomic mass is 10.0. The summed E-state index contributed by atoms with van der Waals surface area (Å²) < 4.78 is 0. The molecule has 0 atom stereocenters. The van der Waals surface area contributed by atoms with E-state index in [0.29, 0.717) is 0 Å². The van der Waals surface area contributed by atoms with Crippen LogP contribution in [0.15, 0.2) is 53.0 Å². The van der Waals surface area contributed by atoms with Gasteiger partial charge in [-0.25, -0.2) is 4.98 Å². The average Bonchev–Trinajstić information content (AvgIpc) is 2.53. The molecule has 0 amide bonds. The fourth-order valence-corrected chi connectivity index (χ4v) is 2.92. The van der Waals surface area contributed by atoms with Gasteiger partial charge in [-0.05, 0) is 53.5 Å². The first kappa shape index (κ1) is 16.0. The molecular formula is C17H20N2S2. The van der Waals surface area contributed by atoms with Gasteiger partial charge in [0.1, 0.15) is 0 Å². The number of hydrogen-bond acceptors (Lipinski definition) is 4. The topological polar surface area (TPSA) is 16.1 Å². The Morgan fingerprint density at radius 1 is 0.952 bits per heavy atom. The van der Waals surface area contributed by atoms with E-state index in [9.17, 15) is 0 Å². The van der Waals surface area contributed by atoms with Crippen LogP contribution in [0.3, 0.4) is 0 Å². The fourth-order valence-electron chi connectivity index (χ4n) is 1.99. The van der Waals surface area contributed by atoms with Crippen LogP contribution < -0.4 is 4.90 Å². The number of thioether (sulfide) groups is 2. The Hall–Kier alpha value is -1.39. The van der Waals surface area contributed by atoms with Gasteiger partial charge in [0.05, 0.1) is 10.1 Å². The third-order valence-electron chi connectivity index (χ3n) is 3.28. The van der Waals surface area contributed by atoms with E-state index in [4.69, 9.17) is 0 Å². The molecule has 0 aliphatic rings. The molecule has 0 N–H and O–H groups in total. The predicted octanol–water partition coefficient (Wildman–Crippen LogP) is 4.65. The van der Waals surface area contributed by atoms with Crippen molar-refractivity contribution in [1.29, 1.82) is 0 Å². The van der Waals surface area contributed by atoms with Crippen LogP contribution in [0.5, 0.6) is 0 Å². The highest BCUT2D eigenvalue weighted by Crippen LogP contribution is 2.28. The molecule has 2 nitrogen and oxygen atoms in total. The van der Waals surface area contributed by atoms with Crippen LogP contribution in [0.4, 0.5) is 5.69 Å². The van der Waals surface area contributed by atoms with Crippen molar-refractivity contribution in [3.05, 3.63) is 54.1 Å². The number of pyridine rings is 1. The Morgan fingerprint density at radius 2 is 1.48 bits per heavy atom. The first-order valence-corrected chi connectivity index (χ1v) is 9.07. The average molecular weight is 316 g/mol. The van der Waals surface area contributed by atoms with E-state index in [1.165, 1.54) is 5.69 Å². The van der Waals surface area contributed by atoms with Gasteiger partial charge in [-0.3, -0.25) is 0 Å². The maximum Gasteiger partial charge on any atom is 0.0977 e. The molecule has 1 heterocycles. The lowest BCUT2D eigenvalue weighted by molar-refractivity contribution is 1.01. The van der Waals surface area contributed by atoms with Crippen molar-refractivity contribution in [2.24, 2.45) is 0 Å². The van der Waals surface area contributed by atoms with Gasteiger partial charge in [0.25, 0.3) is 0 Å². The van der Waals surface area contributed by atoms with E-state index < -0.39 is 0 Å². The summed E-state index contributed by atoms with van der Waals surface area (Å²) in [5.41, 5.74) is 4.51. The number of hydrogen-bond donors (Lipinski definition) is 0. The molecule has 1 aromatic heterocycles. The Labute approximate surface area is 135 Å². The minimum absolute atomic E-state index is 1.03. The van der Waals surface area contributed by atoms with Crippen molar-refractivity contribution in [3.8, 4) is 0 Å². The SMILES string of the molecule is C=C(c1ccc(N(C)C)cc1)c1cc(SC)nc(SC)c1. The van der Waals surface area contributed by atoms with Crippen molar-refractivity contribution in [1.82, 2.24) is 4.98 Å². The number of anilines is 1. The van der Waals surface area contributed by atoms with Crippen LogP contribution >= 0.6 is 23.5 Å². The van der Waals surface area contributed by atoms with Crippen molar-refractivity contribution in [3.63, 3.8) is 0 Å². The maximum absolute atomic E-state index is 4.56. The van der Waals surface area contributed by atoms with Gasteiger partial charge in [-0.2, -0.15) is 0 Å². The summed E-state index contributed by atoms with van der Waals surface area (Å²) in [6.45, 7) is 4.26. The summed E-state index contributed by atoms with van der Waals surface area (Å²) in [7, 11) is 4.09. The molecule has 4 heteroatoms. The van der Waals surface area contributed by atoms with Crippen LogP contribution in [-0.4, -0.2) is 31.6 Å². The lowest BCUT2D eigenvalue weighted by Crippen LogP contribution is -2.08. The number of aromatic nitrogens is 1. The molecule has 0 saturated heterocycles. The van der Waals surface area contributed by atoms with Gasteiger partial charge < -0.3 is 4.90 Å². The molecule has 0 saturated carbocycles. The van der Waals surface area contributed by atoms with E-state index >= 15 is 0 Å². The van der Waals surface area contributed by atoms with Gasteiger partial charge in [0.2, 0.25) is 0 Å². The third kappa shape index (κ3) is 3.83. The highest BCUT2D eigenvalue weighted by molar-refractivity contribution is 7.99. The van der Waals surface area contributed by atoms with Gasteiger partial charge in [0, 0.05) is 19.8 Å². The lowest BCUT2D eigenvalue weighted by Gasteiger charge is -2.14. The zero-order valence-electron chi connectivity index (χ0n) is 12.9. The summed E-state index contributed by atoms with van der Waals surface area (Å²) in [6, 6.07) is 12.7. The molecule has 0 spiro atoms. The highest BCUT2D eigenvalue weighted by atomic mass is 32.2. The normalized spacial score (nSPS) is 10.5. The summed E-state index contributed by atoms with van der Waals surface area (Å²) in [6.07, 6.45) is 4.09. The Balaban J connectivity index is 2.34. The first-order valence-electron chi connectivity index (χ1n) is 6.62. The van der Waals surface area contributed by atoms with E-state index in [0.717, 1.165) is 26.8 Å². The molecule has 2 rings (SSSR count). The minimum Gasteiger partial charge on any atom is -0.378 e. The van der Waals surface area contributed by atoms with Gasteiger partial charge in [-0.15, -0.1) is 23.5 Å². The molecule has 0 aliphatic carbocycles. The second kappa shape index (κ2) is 7.05. The molecular weight excluding hydrogens is 296 g/mol. The highest BCUT2D eigenvalue weighted by Gasteiger charge is 2.07. The van der Waals surface area contributed by atoms with Crippen molar-refractivity contribution < 1.29 is 0 Å². The molecule has 0 bridgehead atoms. The number of rotatable bonds is 5. The van der Waals surface area contributed by atoms with E-state index in [1.807, 2.05) is 26.6 Å². The van der Waals surface area contributed by atoms with Crippen LogP contribution in [0.2, 0.25) is 0 Å². The smallest absolute Gasteiger partial charge is 0.0977 e. The summed E-state index contributed by atoms with van der Waals surface area (Å²) in [5, 5.41) is 2.06. The summed E-state index contributed by atoms with van der Waals surface area (Å²) in [5.74, 6) is 0. The maximum atomic E-state index is 4.56. The Kier molecular flexibility index (Phi) is 5.37. The second-order valence-corrected chi connectivity index (χ2v) is 6.51. The molecule has 1 aromatic carbocycles. The van der Waals surface area contributed by atoms with E-state index in [1.54, 1.807) is 23.5 Å². The molecule has 2 aromatic rings. The van der Waals surface area contributed by atoms with Crippen molar-refractivity contribution >= 4 is 34.8 Å². The predicted molar refractivity (Wildman–Crippen MR) is 96.7 cm³/mol. The van der Waals surface area contributed by atoms with E-state index in [2.05, 4.69) is 52.9 Å². The third-order valence-corrected chi connectivity index (χ3v) is 4.53. The number of nitrogens with zero attached hydrogens (tertiary/aromatic N) is 2. The summed E-state index contributed by atoms with van der Waals surface area (Å²) >= 11 is 3.32. The Morgan fingerprint density at radius 3 is 1.90 bits per heavy atom. The molecule has 0 fully saturated rings. The summed E-state index contributed by atoms with van der Waals surface area (Å²) in [4.78, 5) is 6.66. The largest absolute Gasteiger partial charge is 0.378 e. The minimum atomic E-state index is 1.03. The van der Waals surface area contributed by atoms with Crippen LogP contribution in [0, 0.1) is 0 Å². The molecule has 0 radical (unpaired) electrons.